The molecule has 3 aromatic rings. The largest absolute Gasteiger partial charge is 0.507 e. The highest BCUT2D eigenvalue weighted by Gasteiger charge is 2.31. The molecule has 0 radical (unpaired) electrons. The first-order chi connectivity index (χ1) is 15.9. The first-order valence-corrected chi connectivity index (χ1v) is 11.4. The zero-order valence-electron chi connectivity index (χ0n) is 19.1. The molecule has 1 amide bonds. The molecule has 0 aliphatic carbocycles. The van der Waals surface area contributed by atoms with Crippen LogP contribution in [0.15, 0.2) is 60.8 Å². The van der Waals surface area contributed by atoms with E-state index in [2.05, 4.69) is 15.2 Å². The summed E-state index contributed by atoms with van der Waals surface area (Å²) in [5, 5.41) is 13.2. The second-order valence-corrected chi connectivity index (χ2v) is 8.93. The maximum atomic E-state index is 13.7. The molecule has 2 heterocycles. The first kappa shape index (κ1) is 22.9. The van der Waals surface area contributed by atoms with E-state index in [1.54, 1.807) is 18.3 Å². The van der Waals surface area contributed by atoms with Gasteiger partial charge in [-0.25, -0.2) is 4.39 Å². The van der Waals surface area contributed by atoms with Crippen molar-refractivity contribution in [2.75, 3.05) is 13.1 Å². The highest BCUT2D eigenvalue weighted by molar-refractivity contribution is 5.94. The monoisotopic (exact) mass is 447 g/mol. The van der Waals surface area contributed by atoms with Crippen molar-refractivity contribution in [1.82, 2.24) is 15.2 Å². The van der Waals surface area contributed by atoms with Crippen molar-refractivity contribution in [1.29, 1.82) is 0 Å². The Morgan fingerprint density at radius 3 is 2.67 bits per heavy atom. The number of aryl methyl sites for hydroxylation is 2. The average molecular weight is 448 g/mol. The maximum absolute atomic E-state index is 13.7. The van der Waals surface area contributed by atoms with Crippen LogP contribution in [0.2, 0.25) is 0 Å². The van der Waals surface area contributed by atoms with E-state index in [4.69, 9.17) is 0 Å². The van der Waals surface area contributed by atoms with Gasteiger partial charge in [0.05, 0.1) is 11.7 Å². The Morgan fingerprint density at radius 2 is 1.97 bits per heavy atom. The van der Waals surface area contributed by atoms with Gasteiger partial charge < -0.3 is 10.4 Å². The summed E-state index contributed by atoms with van der Waals surface area (Å²) in [4.78, 5) is 19.9. The first-order valence-electron chi connectivity index (χ1n) is 11.4. The third-order valence-corrected chi connectivity index (χ3v) is 6.35. The van der Waals surface area contributed by atoms with Crippen molar-refractivity contribution < 1.29 is 14.3 Å². The van der Waals surface area contributed by atoms with Gasteiger partial charge in [0.2, 0.25) is 0 Å². The van der Waals surface area contributed by atoms with Gasteiger partial charge >= 0.3 is 0 Å². The topological polar surface area (TPSA) is 65.5 Å². The number of phenolic OH excluding ortho intramolecular Hbond substituents is 1. The maximum Gasteiger partial charge on any atom is 0.251 e. The van der Waals surface area contributed by atoms with E-state index in [1.807, 2.05) is 44.2 Å². The van der Waals surface area contributed by atoms with E-state index >= 15 is 0 Å². The van der Waals surface area contributed by atoms with Crippen molar-refractivity contribution in [2.45, 2.75) is 39.3 Å². The number of nitrogens with zero attached hydrogens (tertiary/aromatic N) is 2. The standard InChI is InChI=1S/C27H30FN3O2/c1-18-13-20(14-19(2)26(18)32)16-31-12-6-8-22(17-31)25(24-10-3-4-11-29-24)30-27(33)21-7-5-9-23(28)15-21/h3-5,7,9-11,13-15,22,25,32H,6,8,12,16-17H2,1-2H3,(H,30,33)/t22-,25-/m0/s1. The van der Waals surface area contributed by atoms with Crippen LogP contribution in [0.5, 0.6) is 5.75 Å². The molecular weight excluding hydrogens is 417 g/mol. The molecule has 6 heteroatoms. The molecule has 0 unspecified atom stereocenters. The van der Waals surface area contributed by atoms with Crippen molar-refractivity contribution in [2.24, 2.45) is 5.92 Å². The van der Waals surface area contributed by atoms with Crippen molar-refractivity contribution in [3.63, 3.8) is 0 Å². The number of likely N-dealkylation sites (tertiary alicyclic amines) is 1. The molecular formula is C27H30FN3O2. The number of phenols is 1. The molecule has 2 N–H and O–H groups in total. The van der Waals surface area contributed by atoms with Gasteiger partial charge in [-0.15, -0.1) is 0 Å². The van der Waals surface area contributed by atoms with E-state index < -0.39 is 5.82 Å². The lowest BCUT2D eigenvalue weighted by Crippen LogP contribution is -2.43. The van der Waals surface area contributed by atoms with Crippen LogP contribution in [-0.2, 0) is 6.54 Å². The van der Waals surface area contributed by atoms with Crippen LogP contribution in [0.1, 0.15) is 51.6 Å². The lowest BCUT2D eigenvalue weighted by Gasteiger charge is -2.37. The summed E-state index contributed by atoms with van der Waals surface area (Å²) < 4.78 is 13.7. The second kappa shape index (κ2) is 10.1. The van der Waals surface area contributed by atoms with Gasteiger partial charge in [0, 0.05) is 24.8 Å². The SMILES string of the molecule is Cc1cc(CN2CCC[C@H]([C@H](NC(=O)c3cccc(F)c3)c3ccccn3)C2)cc(C)c1O. The normalized spacial score (nSPS) is 17.5. The average Bonchev–Trinajstić information content (AvgIpc) is 2.81. The number of carbonyl (C=O) groups is 1. The van der Waals surface area contributed by atoms with E-state index in [1.165, 1.54) is 17.7 Å². The molecule has 0 saturated carbocycles. The van der Waals surface area contributed by atoms with Crippen molar-refractivity contribution in [3.05, 3.63) is 94.6 Å². The van der Waals surface area contributed by atoms with E-state index in [0.29, 0.717) is 11.3 Å². The summed E-state index contributed by atoms with van der Waals surface area (Å²) >= 11 is 0. The second-order valence-electron chi connectivity index (χ2n) is 8.93. The molecule has 172 valence electrons. The number of amides is 1. The Hall–Kier alpha value is -3.25. The lowest BCUT2D eigenvalue weighted by molar-refractivity contribution is 0.0874. The van der Waals surface area contributed by atoms with Crippen molar-refractivity contribution in [3.8, 4) is 5.75 Å². The number of benzene rings is 2. The summed E-state index contributed by atoms with van der Waals surface area (Å²) in [5.41, 5.74) is 4.05. The van der Waals surface area contributed by atoms with Gasteiger partial charge in [-0.1, -0.05) is 24.3 Å². The molecule has 1 aliphatic heterocycles. The lowest BCUT2D eigenvalue weighted by atomic mass is 9.88. The number of hydrogen-bond acceptors (Lipinski definition) is 4. The summed E-state index contributed by atoms with van der Waals surface area (Å²) in [7, 11) is 0. The molecule has 1 aromatic heterocycles. The summed E-state index contributed by atoms with van der Waals surface area (Å²) in [6, 6.07) is 15.3. The molecule has 1 fully saturated rings. The van der Waals surface area contributed by atoms with Gasteiger partial charge in [-0.2, -0.15) is 0 Å². The number of carbonyl (C=O) groups excluding carboxylic acids is 1. The molecule has 1 saturated heterocycles. The van der Waals surface area contributed by atoms with Crippen LogP contribution in [0.4, 0.5) is 4.39 Å². The van der Waals surface area contributed by atoms with Gasteiger partial charge in [-0.3, -0.25) is 14.7 Å². The predicted octanol–water partition coefficient (Wildman–Crippen LogP) is 4.93. The molecule has 2 atom stereocenters. The Bertz CT molecular complexity index is 1100. The third-order valence-electron chi connectivity index (χ3n) is 6.35. The molecule has 5 nitrogen and oxygen atoms in total. The van der Waals surface area contributed by atoms with Gasteiger partial charge in [-0.05, 0) is 86.2 Å². The minimum Gasteiger partial charge on any atom is -0.507 e. The summed E-state index contributed by atoms with van der Waals surface area (Å²) in [5.74, 6) is -0.205. The number of pyridine rings is 1. The highest BCUT2D eigenvalue weighted by Crippen LogP contribution is 2.31. The molecule has 0 spiro atoms. The van der Waals surface area contributed by atoms with E-state index in [0.717, 1.165) is 49.3 Å². The van der Waals surface area contributed by atoms with Gasteiger partial charge in [0.25, 0.3) is 5.91 Å². The minimum absolute atomic E-state index is 0.172. The quantitative estimate of drug-likeness (QED) is 0.563. The zero-order chi connectivity index (χ0) is 23.4. The third kappa shape index (κ3) is 5.57. The molecule has 1 aliphatic rings. The van der Waals surface area contributed by atoms with Crippen molar-refractivity contribution >= 4 is 5.91 Å². The Balaban J connectivity index is 1.53. The van der Waals surface area contributed by atoms with Crippen LogP contribution in [0.3, 0.4) is 0 Å². The molecule has 2 aromatic carbocycles. The fourth-order valence-electron chi connectivity index (χ4n) is 4.75. The van der Waals surface area contributed by atoms with E-state index in [-0.39, 0.29) is 17.9 Å². The number of hydrogen-bond donors (Lipinski definition) is 2. The summed E-state index contributed by atoms with van der Waals surface area (Å²) in [6.07, 6.45) is 3.72. The predicted molar refractivity (Wildman–Crippen MR) is 126 cm³/mol. The zero-order valence-corrected chi connectivity index (χ0v) is 19.1. The molecule has 33 heavy (non-hydrogen) atoms. The van der Waals surface area contributed by atoms with E-state index in [9.17, 15) is 14.3 Å². The number of aromatic hydroxyl groups is 1. The van der Waals surface area contributed by atoms with Crippen LogP contribution in [0, 0.1) is 25.6 Å². The fourth-order valence-corrected chi connectivity index (χ4v) is 4.75. The number of piperidine rings is 1. The molecule has 4 rings (SSSR count). The molecule has 0 bridgehead atoms. The Kier molecular flexibility index (Phi) is 7.04. The Labute approximate surface area is 194 Å². The number of halogens is 1. The Morgan fingerprint density at radius 1 is 1.18 bits per heavy atom. The van der Waals surface area contributed by atoms with Crippen LogP contribution < -0.4 is 5.32 Å². The summed E-state index contributed by atoms with van der Waals surface area (Å²) in [6.45, 7) is 6.41. The minimum atomic E-state index is -0.430. The highest BCUT2D eigenvalue weighted by atomic mass is 19.1. The van der Waals surface area contributed by atoms with Crippen LogP contribution in [-0.4, -0.2) is 34.0 Å². The van der Waals surface area contributed by atoms with Crippen LogP contribution >= 0.6 is 0 Å². The number of rotatable bonds is 6. The van der Waals surface area contributed by atoms with Gasteiger partial charge in [0.1, 0.15) is 11.6 Å². The smallest absolute Gasteiger partial charge is 0.251 e. The fraction of sp³-hybridized carbons (Fsp3) is 0.333. The number of nitrogens with one attached hydrogen (secondary N) is 1. The number of aromatic nitrogens is 1. The van der Waals surface area contributed by atoms with Crippen LogP contribution in [0.25, 0.3) is 0 Å². The van der Waals surface area contributed by atoms with Gasteiger partial charge in [0.15, 0.2) is 0 Å².